The highest BCUT2D eigenvalue weighted by Gasteiger charge is 2.01. The van der Waals surface area contributed by atoms with Gasteiger partial charge < -0.3 is 0 Å². The molecular weight excluding hydrogens is 118 g/mol. The summed E-state index contributed by atoms with van der Waals surface area (Å²) in [7, 11) is 0. The molecule has 0 radical (unpaired) electrons. The van der Waals surface area contributed by atoms with E-state index in [1.54, 1.807) is 0 Å². The van der Waals surface area contributed by atoms with Crippen molar-refractivity contribution < 1.29 is 4.79 Å². The molecule has 1 N–H and O–H groups in total. The predicted octanol–water partition coefficient (Wildman–Crippen LogP) is 1.25. The van der Waals surface area contributed by atoms with Gasteiger partial charge in [-0.05, 0) is 6.42 Å². The van der Waals surface area contributed by atoms with Gasteiger partial charge in [0.15, 0.2) is 5.11 Å². The third-order valence-electron chi connectivity index (χ3n) is 0.906. The zero-order valence-electron chi connectivity index (χ0n) is 5.42. The molecule has 0 bridgehead atoms. The molecule has 0 rings (SSSR count). The van der Waals surface area contributed by atoms with Crippen LogP contribution in [-0.4, -0.2) is 5.91 Å². The van der Waals surface area contributed by atoms with Crippen molar-refractivity contribution in [3.05, 3.63) is 0 Å². The van der Waals surface area contributed by atoms with Crippen LogP contribution in [0.2, 0.25) is 0 Å². The molecule has 0 heterocycles. The van der Waals surface area contributed by atoms with Crippen molar-refractivity contribution >= 4 is 5.91 Å². The molecule has 0 atom stereocenters. The predicted molar refractivity (Wildman–Crippen MR) is 31.8 cm³/mol. The molecule has 4 heteroatoms. The number of hydrogen-bond acceptors (Lipinski definition) is 2. The van der Waals surface area contributed by atoms with Crippen LogP contribution in [0.15, 0.2) is 5.11 Å². The van der Waals surface area contributed by atoms with Gasteiger partial charge in [-0.2, -0.15) is 0 Å². The van der Waals surface area contributed by atoms with E-state index in [4.69, 9.17) is 5.53 Å². The van der Waals surface area contributed by atoms with E-state index in [1.165, 1.54) is 0 Å². The van der Waals surface area contributed by atoms with Crippen LogP contribution in [0.4, 0.5) is 0 Å². The van der Waals surface area contributed by atoms with Crippen LogP contribution >= 0.6 is 0 Å². The first-order chi connectivity index (χ1) is 4.31. The number of nitrogens with one attached hydrogen (secondary N) is 1. The lowest BCUT2D eigenvalue weighted by atomic mass is 10.2. The molecule has 0 fully saturated rings. The molecule has 0 aliphatic heterocycles. The van der Waals surface area contributed by atoms with Gasteiger partial charge in [-0.3, -0.25) is 4.79 Å². The number of rotatable bonds is 3. The number of carbonyl (C=O) groups is 1. The first-order valence-corrected chi connectivity index (χ1v) is 2.91. The largest absolute Gasteiger partial charge is 0.330 e. The van der Waals surface area contributed by atoms with Crippen LogP contribution in [0.1, 0.15) is 26.2 Å². The highest BCUT2D eigenvalue weighted by molar-refractivity contribution is 5.75. The zero-order chi connectivity index (χ0) is 7.11. The second-order valence-corrected chi connectivity index (χ2v) is 1.70. The van der Waals surface area contributed by atoms with Crippen molar-refractivity contribution in [1.29, 1.82) is 5.53 Å². The fourth-order valence-corrected chi connectivity index (χ4v) is 0.434. The van der Waals surface area contributed by atoms with Crippen LogP contribution in [-0.2, 0) is 4.79 Å². The highest BCUT2D eigenvalue weighted by atomic mass is 16.1. The topological polar surface area (TPSA) is 67.4 Å². The average molecular weight is 128 g/mol. The molecule has 0 aromatic heterocycles. The number of carbonyl (C=O) groups excluding carboxylic acids is 1. The van der Waals surface area contributed by atoms with Crippen molar-refractivity contribution in [1.82, 2.24) is 4.91 Å². The van der Waals surface area contributed by atoms with Crippen molar-refractivity contribution in [2.75, 3.05) is 0 Å². The summed E-state index contributed by atoms with van der Waals surface area (Å²) in [5, 5.41) is 3.01. The van der Waals surface area contributed by atoms with Gasteiger partial charge in [-0.1, -0.05) is 13.3 Å². The molecule has 0 unspecified atom stereocenters. The molecule has 9 heavy (non-hydrogen) atoms. The maximum absolute atomic E-state index is 10.4. The van der Waals surface area contributed by atoms with Gasteiger partial charge in [-0.15, -0.1) is 0 Å². The van der Waals surface area contributed by atoms with Crippen molar-refractivity contribution in [3.8, 4) is 0 Å². The summed E-state index contributed by atoms with van der Waals surface area (Å²) in [5.74, 6) is -0.299. The van der Waals surface area contributed by atoms with E-state index in [9.17, 15) is 4.79 Å². The Kier molecular flexibility index (Phi) is 4.54. The fraction of sp³-hybridized carbons (Fsp3) is 0.800. The van der Waals surface area contributed by atoms with Crippen LogP contribution in [0.5, 0.6) is 0 Å². The Morgan fingerprint density at radius 3 is 2.89 bits per heavy atom. The molecule has 0 aliphatic carbocycles. The van der Waals surface area contributed by atoms with Gasteiger partial charge in [0.05, 0.1) is 0 Å². The molecule has 1 amide bonds. The van der Waals surface area contributed by atoms with Crippen LogP contribution < -0.4 is 4.91 Å². The Morgan fingerprint density at radius 1 is 1.78 bits per heavy atom. The van der Waals surface area contributed by atoms with Crippen LogP contribution in [0.3, 0.4) is 0 Å². The van der Waals surface area contributed by atoms with E-state index in [0.717, 1.165) is 12.8 Å². The van der Waals surface area contributed by atoms with Crippen molar-refractivity contribution in [3.63, 3.8) is 0 Å². The van der Waals surface area contributed by atoms with E-state index in [-0.39, 0.29) is 5.91 Å². The van der Waals surface area contributed by atoms with E-state index in [0.29, 0.717) is 6.42 Å². The van der Waals surface area contributed by atoms with Crippen LogP contribution in [0, 0.1) is 5.53 Å². The van der Waals surface area contributed by atoms with E-state index < -0.39 is 0 Å². The molecule has 0 saturated heterocycles. The van der Waals surface area contributed by atoms with Gasteiger partial charge in [0, 0.05) is 6.42 Å². The maximum Gasteiger partial charge on any atom is 0.330 e. The summed E-state index contributed by atoms with van der Waals surface area (Å²) in [6, 6.07) is 0. The van der Waals surface area contributed by atoms with E-state index in [1.807, 2.05) is 6.92 Å². The summed E-state index contributed by atoms with van der Waals surface area (Å²) in [6.07, 6.45) is 2.22. The molecule has 0 spiro atoms. The Balaban J connectivity index is 3.39. The minimum absolute atomic E-state index is 0.299. The molecule has 0 aromatic rings. The summed E-state index contributed by atoms with van der Waals surface area (Å²) in [5.41, 5.74) is 6.21. The zero-order valence-corrected chi connectivity index (χ0v) is 5.42. The molecule has 4 nitrogen and oxygen atoms in total. The lowest BCUT2D eigenvalue weighted by Crippen LogP contribution is -1.91. The maximum atomic E-state index is 10.4. The Labute approximate surface area is 53.5 Å². The second-order valence-electron chi connectivity index (χ2n) is 1.70. The monoisotopic (exact) mass is 128 g/mol. The summed E-state index contributed by atoms with van der Waals surface area (Å²) in [6.45, 7) is 1.99. The van der Waals surface area contributed by atoms with Gasteiger partial charge in [0.2, 0.25) is 4.91 Å². The number of nitrogens with zero attached hydrogens (tertiary/aromatic N) is 2. The first-order valence-electron chi connectivity index (χ1n) is 2.91. The van der Waals surface area contributed by atoms with Crippen molar-refractivity contribution in [2.45, 2.75) is 26.2 Å². The lowest BCUT2D eigenvalue weighted by Gasteiger charge is -1.82. The highest BCUT2D eigenvalue weighted by Crippen LogP contribution is 1.94. The standard InChI is InChI=1S/C5H10N3O/c1-2-3-4-5(9)7-8-6/h6H,2-4H2,1H3/q+1. The van der Waals surface area contributed by atoms with Gasteiger partial charge in [0.25, 0.3) is 0 Å². The Bertz CT molecular complexity index is 137. The average Bonchev–Trinajstić information content (AvgIpc) is 1.85. The normalized spacial score (nSPS) is 8.11. The summed E-state index contributed by atoms with van der Waals surface area (Å²) < 4.78 is 0. The smallest absolute Gasteiger partial charge is 0.265 e. The minimum Gasteiger partial charge on any atom is -0.265 e. The van der Waals surface area contributed by atoms with Gasteiger partial charge in [-0.25, -0.2) is 0 Å². The summed E-state index contributed by atoms with van der Waals surface area (Å²) in [4.78, 5) is 13.0. The number of hydrogen-bond donors (Lipinski definition) is 1. The van der Waals surface area contributed by atoms with Gasteiger partial charge in [0.1, 0.15) is 5.53 Å². The first kappa shape index (κ1) is 7.98. The van der Waals surface area contributed by atoms with Crippen molar-refractivity contribution in [2.24, 2.45) is 5.11 Å². The van der Waals surface area contributed by atoms with Gasteiger partial charge >= 0.3 is 5.91 Å². The quantitative estimate of drug-likeness (QED) is 0.451. The molecule has 0 aliphatic rings. The SMILES string of the molecule is CCCCC(=O)N=[N+]=N. The molecule has 0 aromatic carbocycles. The molecule has 0 saturated carbocycles. The molecular formula is C5H10N3O+. The minimum atomic E-state index is -0.299. The van der Waals surface area contributed by atoms with E-state index in [2.05, 4.69) is 10.0 Å². The van der Waals surface area contributed by atoms with Crippen LogP contribution in [0.25, 0.3) is 0 Å². The number of unbranched alkanes of at least 4 members (excludes halogenated alkanes) is 1. The fourth-order valence-electron chi connectivity index (χ4n) is 0.434. The Hall–Kier alpha value is -1.02. The third-order valence-corrected chi connectivity index (χ3v) is 0.906. The Morgan fingerprint density at radius 2 is 2.44 bits per heavy atom. The lowest BCUT2D eigenvalue weighted by molar-refractivity contribution is -0.118. The second kappa shape index (κ2) is 5.12. The van der Waals surface area contributed by atoms with E-state index >= 15 is 0 Å². The molecule has 50 valence electrons. The third kappa shape index (κ3) is 4.84. The summed E-state index contributed by atoms with van der Waals surface area (Å²) >= 11 is 0. The number of amides is 1.